The molecule has 0 amide bonds. The first-order valence-corrected chi connectivity index (χ1v) is 3.34. The molecule has 2 atom stereocenters. The minimum absolute atomic E-state index is 0.165. The van der Waals surface area contributed by atoms with Crippen LogP contribution >= 0.6 is 0 Å². The van der Waals surface area contributed by atoms with Crippen molar-refractivity contribution in [2.45, 2.75) is 12.5 Å². The molecule has 1 fully saturated rings. The first-order chi connectivity index (χ1) is 4.33. The van der Waals surface area contributed by atoms with Crippen LogP contribution < -0.4 is 5.32 Å². The van der Waals surface area contributed by atoms with E-state index in [1.807, 2.05) is 6.08 Å². The standard InChI is InChI=1S/C7H13NO/c1-2-6-3-7(9)5-8-4-6/h2,6-9H,1,3-5H2/t6-,7-/m1/s1. The lowest BCUT2D eigenvalue weighted by Gasteiger charge is -2.23. The van der Waals surface area contributed by atoms with E-state index in [-0.39, 0.29) is 6.10 Å². The molecule has 0 radical (unpaired) electrons. The summed E-state index contributed by atoms with van der Waals surface area (Å²) in [5.74, 6) is 0.466. The average molecular weight is 127 g/mol. The van der Waals surface area contributed by atoms with E-state index in [9.17, 15) is 0 Å². The van der Waals surface area contributed by atoms with Gasteiger partial charge in [0.1, 0.15) is 0 Å². The Morgan fingerprint density at radius 2 is 2.33 bits per heavy atom. The van der Waals surface area contributed by atoms with Crippen molar-refractivity contribution < 1.29 is 5.11 Å². The zero-order valence-electron chi connectivity index (χ0n) is 5.51. The highest BCUT2D eigenvalue weighted by Gasteiger charge is 2.15. The molecule has 0 bridgehead atoms. The smallest absolute Gasteiger partial charge is 0.0670 e. The first-order valence-electron chi connectivity index (χ1n) is 3.34. The van der Waals surface area contributed by atoms with Gasteiger partial charge in [-0.05, 0) is 12.3 Å². The van der Waals surface area contributed by atoms with Gasteiger partial charge in [-0.1, -0.05) is 6.08 Å². The van der Waals surface area contributed by atoms with Crippen molar-refractivity contribution in [2.75, 3.05) is 13.1 Å². The maximum absolute atomic E-state index is 9.10. The van der Waals surface area contributed by atoms with E-state index >= 15 is 0 Å². The Hall–Kier alpha value is -0.340. The van der Waals surface area contributed by atoms with Crippen LogP contribution in [0.2, 0.25) is 0 Å². The molecule has 0 saturated carbocycles. The van der Waals surface area contributed by atoms with E-state index in [1.165, 1.54) is 0 Å². The number of hydrogen-bond donors (Lipinski definition) is 2. The van der Waals surface area contributed by atoms with E-state index in [4.69, 9.17) is 5.11 Å². The van der Waals surface area contributed by atoms with Crippen molar-refractivity contribution in [1.29, 1.82) is 0 Å². The topological polar surface area (TPSA) is 32.3 Å². The number of rotatable bonds is 1. The van der Waals surface area contributed by atoms with Gasteiger partial charge < -0.3 is 10.4 Å². The van der Waals surface area contributed by atoms with Gasteiger partial charge in [0.25, 0.3) is 0 Å². The average Bonchev–Trinajstić information content (AvgIpc) is 1.88. The third-order valence-corrected chi connectivity index (χ3v) is 1.69. The van der Waals surface area contributed by atoms with Crippen LogP contribution in [0.25, 0.3) is 0 Å². The zero-order valence-corrected chi connectivity index (χ0v) is 5.51. The molecule has 1 heterocycles. The van der Waals surface area contributed by atoms with E-state index in [0.717, 1.165) is 19.5 Å². The summed E-state index contributed by atoms with van der Waals surface area (Å²) in [6, 6.07) is 0. The van der Waals surface area contributed by atoms with Crippen LogP contribution in [0.15, 0.2) is 12.7 Å². The third kappa shape index (κ3) is 1.80. The summed E-state index contributed by atoms with van der Waals surface area (Å²) in [5.41, 5.74) is 0. The van der Waals surface area contributed by atoms with Gasteiger partial charge in [-0.2, -0.15) is 0 Å². The second-order valence-corrected chi connectivity index (χ2v) is 2.54. The molecule has 52 valence electrons. The summed E-state index contributed by atoms with van der Waals surface area (Å²) in [5, 5.41) is 12.2. The third-order valence-electron chi connectivity index (χ3n) is 1.69. The van der Waals surface area contributed by atoms with Crippen molar-refractivity contribution in [3.63, 3.8) is 0 Å². The fourth-order valence-electron chi connectivity index (χ4n) is 1.13. The molecule has 0 aromatic carbocycles. The van der Waals surface area contributed by atoms with Crippen LogP contribution in [-0.2, 0) is 0 Å². The summed E-state index contributed by atoms with van der Waals surface area (Å²) in [7, 11) is 0. The van der Waals surface area contributed by atoms with Gasteiger partial charge in [0.05, 0.1) is 6.10 Å². The van der Waals surface area contributed by atoms with Crippen molar-refractivity contribution in [2.24, 2.45) is 5.92 Å². The van der Waals surface area contributed by atoms with E-state index < -0.39 is 0 Å². The predicted molar refractivity (Wildman–Crippen MR) is 37.2 cm³/mol. The molecule has 1 aliphatic rings. The van der Waals surface area contributed by atoms with Crippen LogP contribution in [0.1, 0.15) is 6.42 Å². The maximum atomic E-state index is 9.10. The summed E-state index contributed by atoms with van der Waals surface area (Å²) < 4.78 is 0. The normalized spacial score (nSPS) is 36.1. The molecule has 0 unspecified atom stereocenters. The fourth-order valence-corrected chi connectivity index (χ4v) is 1.13. The minimum atomic E-state index is -0.165. The molecule has 2 N–H and O–H groups in total. The molecule has 0 aromatic heterocycles. The predicted octanol–water partition coefficient (Wildman–Crippen LogP) is 0.143. The molecular weight excluding hydrogens is 114 g/mol. The Kier molecular flexibility index (Phi) is 2.25. The number of β-amino-alcohol motifs (C(OH)–C–C–N with tert-alkyl or cyclic N) is 1. The molecule has 1 rings (SSSR count). The van der Waals surface area contributed by atoms with Crippen molar-refractivity contribution in [3.05, 3.63) is 12.7 Å². The zero-order chi connectivity index (χ0) is 6.69. The number of aliphatic hydroxyl groups excluding tert-OH is 1. The van der Waals surface area contributed by atoms with Crippen molar-refractivity contribution >= 4 is 0 Å². The highest BCUT2D eigenvalue weighted by molar-refractivity contribution is 4.86. The molecule has 0 aromatic rings. The number of hydrogen-bond acceptors (Lipinski definition) is 2. The Bertz CT molecular complexity index is 103. The largest absolute Gasteiger partial charge is 0.392 e. The van der Waals surface area contributed by atoms with E-state index in [2.05, 4.69) is 11.9 Å². The Balaban J connectivity index is 2.31. The van der Waals surface area contributed by atoms with Crippen LogP contribution in [0, 0.1) is 5.92 Å². The van der Waals surface area contributed by atoms with Gasteiger partial charge in [0.15, 0.2) is 0 Å². The van der Waals surface area contributed by atoms with Crippen LogP contribution in [0.3, 0.4) is 0 Å². The molecule has 9 heavy (non-hydrogen) atoms. The second-order valence-electron chi connectivity index (χ2n) is 2.54. The lowest BCUT2D eigenvalue weighted by atomic mass is 9.98. The quantitative estimate of drug-likeness (QED) is 0.491. The van der Waals surface area contributed by atoms with Gasteiger partial charge in [0.2, 0.25) is 0 Å². The molecule has 0 aliphatic carbocycles. The fraction of sp³-hybridized carbons (Fsp3) is 0.714. The SMILES string of the molecule is C=C[C@H]1CNC[C@H](O)C1. The van der Waals surface area contributed by atoms with Gasteiger partial charge in [0, 0.05) is 13.1 Å². The molecule has 0 spiro atoms. The lowest BCUT2D eigenvalue weighted by molar-refractivity contribution is 0.126. The molecule has 1 aliphatic heterocycles. The Labute approximate surface area is 55.6 Å². The van der Waals surface area contributed by atoms with Crippen LogP contribution in [0.4, 0.5) is 0 Å². The van der Waals surface area contributed by atoms with Crippen LogP contribution in [0.5, 0.6) is 0 Å². The number of piperidine rings is 1. The number of aliphatic hydroxyl groups is 1. The monoisotopic (exact) mass is 127 g/mol. The van der Waals surface area contributed by atoms with E-state index in [0.29, 0.717) is 5.92 Å². The summed E-state index contributed by atoms with van der Waals surface area (Å²) in [6.07, 6.45) is 2.60. The summed E-state index contributed by atoms with van der Waals surface area (Å²) in [6.45, 7) is 5.38. The molecule has 2 heteroatoms. The van der Waals surface area contributed by atoms with Gasteiger partial charge in [-0.25, -0.2) is 0 Å². The maximum Gasteiger partial charge on any atom is 0.0670 e. The number of nitrogens with one attached hydrogen (secondary N) is 1. The highest BCUT2D eigenvalue weighted by Crippen LogP contribution is 2.10. The summed E-state index contributed by atoms with van der Waals surface area (Å²) >= 11 is 0. The molecule has 1 saturated heterocycles. The van der Waals surface area contributed by atoms with Gasteiger partial charge in [-0.15, -0.1) is 6.58 Å². The van der Waals surface area contributed by atoms with Crippen molar-refractivity contribution in [1.82, 2.24) is 5.32 Å². The lowest BCUT2D eigenvalue weighted by Crippen LogP contribution is -2.38. The molecule has 2 nitrogen and oxygen atoms in total. The Morgan fingerprint density at radius 1 is 1.56 bits per heavy atom. The summed E-state index contributed by atoms with van der Waals surface area (Å²) in [4.78, 5) is 0. The minimum Gasteiger partial charge on any atom is -0.392 e. The Morgan fingerprint density at radius 3 is 2.78 bits per heavy atom. The molecular formula is C7H13NO. The van der Waals surface area contributed by atoms with Crippen LogP contribution in [-0.4, -0.2) is 24.3 Å². The van der Waals surface area contributed by atoms with Crippen molar-refractivity contribution in [3.8, 4) is 0 Å². The first kappa shape index (κ1) is 6.78. The van der Waals surface area contributed by atoms with E-state index in [1.54, 1.807) is 0 Å². The van der Waals surface area contributed by atoms with Gasteiger partial charge in [-0.3, -0.25) is 0 Å². The van der Waals surface area contributed by atoms with Gasteiger partial charge >= 0.3 is 0 Å². The second kappa shape index (κ2) is 2.99. The highest BCUT2D eigenvalue weighted by atomic mass is 16.3.